The molecule has 0 aliphatic carbocycles. The predicted octanol–water partition coefficient (Wildman–Crippen LogP) is 4.70. The predicted molar refractivity (Wildman–Crippen MR) is 136 cm³/mol. The van der Waals surface area contributed by atoms with Crippen molar-refractivity contribution in [2.45, 2.75) is 12.1 Å². The molecule has 0 bridgehead atoms. The highest BCUT2D eigenvalue weighted by molar-refractivity contribution is 5.42. The van der Waals surface area contributed by atoms with E-state index in [0.717, 1.165) is 31.7 Å². The average Bonchev–Trinajstić information content (AvgIpc) is 2.89. The van der Waals surface area contributed by atoms with Crippen LogP contribution in [-0.4, -0.2) is 61.3 Å². The number of hydrogen-bond acceptors (Lipinski definition) is 5. The van der Waals surface area contributed by atoms with Gasteiger partial charge in [-0.15, -0.1) is 0 Å². The lowest BCUT2D eigenvalue weighted by Crippen LogP contribution is -2.48. The SMILES string of the molecule is C=CCOc1cc(OC)ccc1C(O)CN1CCN(C(c2ccccc2)c2ccccc2)CC1. The molecule has 1 heterocycles. The Morgan fingerprint density at radius 1 is 0.912 bits per heavy atom. The number of piperazine rings is 1. The molecule has 3 aromatic carbocycles. The van der Waals surface area contributed by atoms with Crippen LogP contribution in [0.3, 0.4) is 0 Å². The average molecular weight is 459 g/mol. The van der Waals surface area contributed by atoms with Crippen molar-refractivity contribution in [3.05, 3.63) is 108 Å². The smallest absolute Gasteiger partial charge is 0.129 e. The number of methoxy groups -OCH3 is 1. The van der Waals surface area contributed by atoms with E-state index in [9.17, 15) is 5.11 Å². The number of hydrogen-bond donors (Lipinski definition) is 1. The normalized spacial score (nSPS) is 15.7. The maximum Gasteiger partial charge on any atom is 0.129 e. The van der Waals surface area contributed by atoms with Crippen molar-refractivity contribution in [1.82, 2.24) is 9.80 Å². The second-order valence-electron chi connectivity index (χ2n) is 8.58. The van der Waals surface area contributed by atoms with Gasteiger partial charge in [0.05, 0.1) is 19.3 Å². The monoisotopic (exact) mass is 458 g/mol. The Hall–Kier alpha value is -3.12. The largest absolute Gasteiger partial charge is 0.497 e. The lowest BCUT2D eigenvalue weighted by Gasteiger charge is -2.40. The molecule has 0 aromatic heterocycles. The first-order chi connectivity index (χ1) is 16.7. The van der Waals surface area contributed by atoms with Gasteiger partial charge >= 0.3 is 0 Å². The molecule has 5 nitrogen and oxygen atoms in total. The Morgan fingerprint density at radius 2 is 1.53 bits per heavy atom. The number of β-amino-alcohol motifs (C(OH)–C–C–N with tert-alkyl or cyclic N) is 1. The second kappa shape index (κ2) is 11.8. The molecule has 5 heteroatoms. The molecular formula is C29H34N2O3. The van der Waals surface area contributed by atoms with Crippen molar-refractivity contribution in [3.8, 4) is 11.5 Å². The molecule has 1 aliphatic heterocycles. The van der Waals surface area contributed by atoms with Gasteiger partial charge in [-0.1, -0.05) is 73.3 Å². The highest BCUT2D eigenvalue weighted by atomic mass is 16.5. The van der Waals surface area contributed by atoms with Crippen LogP contribution in [0.25, 0.3) is 0 Å². The molecule has 3 aromatic rings. The Balaban J connectivity index is 1.43. The van der Waals surface area contributed by atoms with Crippen molar-refractivity contribution in [2.75, 3.05) is 46.4 Å². The fraction of sp³-hybridized carbons (Fsp3) is 0.310. The number of aliphatic hydroxyl groups is 1. The summed E-state index contributed by atoms with van der Waals surface area (Å²) in [5, 5.41) is 11.0. The number of rotatable bonds is 10. The van der Waals surface area contributed by atoms with Crippen molar-refractivity contribution >= 4 is 0 Å². The lowest BCUT2D eigenvalue weighted by molar-refractivity contribution is 0.0611. The third-order valence-electron chi connectivity index (χ3n) is 6.37. The number of benzene rings is 3. The van der Waals surface area contributed by atoms with E-state index < -0.39 is 6.10 Å². The number of ether oxygens (including phenoxy) is 2. The first-order valence-electron chi connectivity index (χ1n) is 11.9. The molecule has 0 saturated carbocycles. The summed E-state index contributed by atoms with van der Waals surface area (Å²) in [5.41, 5.74) is 3.39. The minimum absolute atomic E-state index is 0.231. The molecular weight excluding hydrogens is 424 g/mol. The van der Waals surface area contributed by atoms with Gasteiger partial charge in [-0.2, -0.15) is 0 Å². The lowest BCUT2D eigenvalue weighted by atomic mass is 9.96. The number of nitrogens with zero attached hydrogens (tertiary/aromatic N) is 2. The fourth-order valence-electron chi connectivity index (χ4n) is 4.62. The van der Waals surface area contributed by atoms with Gasteiger partial charge in [0.1, 0.15) is 18.1 Å². The summed E-state index contributed by atoms with van der Waals surface area (Å²) in [6.45, 7) is 8.32. The molecule has 1 aliphatic rings. The quantitative estimate of drug-likeness (QED) is 0.446. The van der Waals surface area contributed by atoms with Gasteiger partial charge < -0.3 is 14.6 Å². The molecule has 1 fully saturated rings. The van der Waals surface area contributed by atoms with E-state index in [1.54, 1.807) is 13.2 Å². The van der Waals surface area contributed by atoms with Gasteiger partial charge in [0.25, 0.3) is 0 Å². The maximum absolute atomic E-state index is 11.0. The van der Waals surface area contributed by atoms with Gasteiger partial charge in [0.2, 0.25) is 0 Å². The van der Waals surface area contributed by atoms with Crippen LogP contribution in [0.5, 0.6) is 11.5 Å². The molecule has 0 spiro atoms. The van der Waals surface area contributed by atoms with Crippen LogP contribution < -0.4 is 9.47 Å². The molecule has 1 atom stereocenters. The summed E-state index contributed by atoms with van der Waals surface area (Å²) >= 11 is 0. The Labute approximate surface area is 202 Å². The van der Waals surface area contributed by atoms with E-state index in [4.69, 9.17) is 9.47 Å². The minimum atomic E-state index is -0.642. The third-order valence-corrected chi connectivity index (χ3v) is 6.37. The van der Waals surface area contributed by atoms with Crippen LogP contribution in [0, 0.1) is 0 Å². The minimum Gasteiger partial charge on any atom is -0.497 e. The summed E-state index contributed by atoms with van der Waals surface area (Å²) in [6, 6.07) is 27.2. The molecule has 34 heavy (non-hydrogen) atoms. The van der Waals surface area contributed by atoms with E-state index in [1.807, 2.05) is 18.2 Å². The van der Waals surface area contributed by atoms with E-state index >= 15 is 0 Å². The van der Waals surface area contributed by atoms with Crippen LogP contribution in [0.1, 0.15) is 28.8 Å². The van der Waals surface area contributed by atoms with Crippen molar-refractivity contribution < 1.29 is 14.6 Å². The molecule has 1 unspecified atom stereocenters. The maximum atomic E-state index is 11.0. The zero-order chi connectivity index (χ0) is 23.8. The second-order valence-corrected chi connectivity index (χ2v) is 8.58. The molecule has 4 rings (SSSR count). The van der Waals surface area contributed by atoms with E-state index in [2.05, 4.69) is 77.0 Å². The Kier molecular flexibility index (Phi) is 8.36. The summed E-state index contributed by atoms with van der Waals surface area (Å²) in [4.78, 5) is 4.87. The zero-order valence-electron chi connectivity index (χ0n) is 19.8. The van der Waals surface area contributed by atoms with Crippen LogP contribution >= 0.6 is 0 Å². The first-order valence-corrected chi connectivity index (χ1v) is 11.9. The molecule has 178 valence electrons. The van der Waals surface area contributed by atoms with Gasteiger partial charge in [0, 0.05) is 44.4 Å². The van der Waals surface area contributed by atoms with Gasteiger partial charge in [-0.05, 0) is 23.3 Å². The van der Waals surface area contributed by atoms with Gasteiger partial charge in [-0.25, -0.2) is 0 Å². The topological polar surface area (TPSA) is 45.2 Å². The van der Waals surface area contributed by atoms with Gasteiger partial charge in [-0.3, -0.25) is 9.80 Å². The Bertz CT molecular complexity index is 994. The summed E-state index contributed by atoms with van der Waals surface area (Å²) in [6.07, 6.45) is 1.06. The molecule has 1 N–H and O–H groups in total. The fourth-order valence-corrected chi connectivity index (χ4v) is 4.62. The van der Waals surface area contributed by atoms with Crippen molar-refractivity contribution in [1.29, 1.82) is 0 Å². The summed E-state index contributed by atoms with van der Waals surface area (Å²) < 4.78 is 11.1. The highest BCUT2D eigenvalue weighted by Gasteiger charge is 2.27. The Morgan fingerprint density at radius 3 is 2.09 bits per heavy atom. The third kappa shape index (κ3) is 5.86. The van der Waals surface area contributed by atoms with E-state index in [-0.39, 0.29) is 6.04 Å². The van der Waals surface area contributed by atoms with E-state index in [0.29, 0.717) is 24.7 Å². The highest BCUT2D eigenvalue weighted by Crippen LogP contribution is 2.32. The first kappa shape index (κ1) is 24.0. The molecule has 0 amide bonds. The van der Waals surface area contributed by atoms with Crippen molar-refractivity contribution in [2.24, 2.45) is 0 Å². The zero-order valence-corrected chi connectivity index (χ0v) is 19.8. The summed E-state index contributed by atoms with van der Waals surface area (Å²) in [5.74, 6) is 1.34. The van der Waals surface area contributed by atoms with Crippen molar-refractivity contribution in [3.63, 3.8) is 0 Å². The molecule has 1 saturated heterocycles. The van der Waals surface area contributed by atoms with Crippen LogP contribution in [0.15, 0.2) is 91.5 Å². The number of aliphatic hydroxyl groups excluding tert-OH is 1. The van der Waals surface area contributed by atoms with Crippen LogP contribution in [0.2, 0.25) is 0 Å². The molecule has 0 radical (unpaired) electrons. The standard InChI is InChI=1S/C29H34N2O3/c1-3-20-34-28-21-25(33-2)14-15-26(28)27(32)22-30-16-18-31(19-17-30)29(23-10-6-4-7-11-23)24-12-8-5-9-13-24/h3-15,21,27,29,32H,1,16-20,22H2,2H3. The summed E-state index contributed by atoms with van der Waals surface area (Å²) in [7, 11) is 1.63. The van der Waals surface area contributed by atoms with Crippen LogP contribution in [0.4, 0.5) is 0 Å². The van der Waals surface area contributed by atoms with Crippen LogP contribution in [-0.2, 0) is 0 Å². The van der Waals surface area contributed by atoms with E-state index in [1.165, 1.54) is 11.1 Å². The van der Waals surface area contributed by atoms with Gasteiger partial charge in [0.15, 0.2) is 0 Å².